The van der Waals surface area contributed by atoms with Crippen molar-refractivity contribution in [2.24, 2.45) is 5.73 Å². The van der Waals surface area contributed by atoms with E-state index >= 15 is 0 Å². The van der Waals surface area contributed by atoms with Crippen molar-refractivity contribution in [2.45, 2.75) is 25.9 Å². The molecule has 0 radical (unpaired) electrons. The first-order chi connectivity index (χ1) is 9.69. The van der Waals surface area contributed by atoms with Crippen molar-refractivity contribution in [3.05, 3.63) is 54.1 Å². The smallest absolute Gasteiger partial charge is 0.323 e. The lowest BCUT2D eigenvalue weighted by molar-refractivity contribution is -0.144. The van der Waals surface area contributed by atoms with E-state index in [0.29, 0.717) is 13.0 Å². The molecule has 0 aliphatic rings. The Morgan fingerprint density at radius 3 is 2.85 bits per heavy atom. The predicted octanol–water partition coefficient (Wildman–Crippen LogP) is 1.36. The minimum absolute atomic E-state index is 0.342. The molecule has 2 aromatic rings. The van der Waals surface area contributed by atoms with Crippen LogP contribution >= 0.6 is 0 Å². The molecule has 0 aliphatic heterocycles. The lowest BCUT2D eigenvalue weighted by atomic mass is 10.2. The Kier molecular flexibility index (Phi) is 4.90. The molecule has 5 heteroatoms. The summed E-state index contributed by atoms with van der Waals surface area (Å²) in [5.41, 5.74) is 7.77. The first-order valence-corrected chi connectivity index (χ1v) is 6.66. The summed E-state index contributed by atoms with van der Waals surface area (Å²) in [7, 11) is 0. The molecular formula is C15H19N3O2. The van der Waals surface area contributed by atoms with Gasteiger partial charge < -0.3 is 15.0 Å². The van der Waals surface area contributed by atoms with E-state index in [-0.39, 0.29) is 5.97 Å². The highest BCUT2D eigenvalue weighted by Gasteiger charge is 2.16. The zero-order valence-electron chi connectivity index (χ0n) is 11.5. The van der Waals surface area contributed by atoms with Crippen molar-refractivity contribution in [2.75, 3.05) is 6.61 Å². The number of carbonyl (C=O) groups is 1. The second kappa shape index (κ2) is 6.86. The summed E-state index contributed by atoms with van der Waals surface area (Å²) in [6, 6.07) is 9.46. The van der Waals surface area contributed by atoms with Crippen LogP contribution in [-0.2, 0) is 22.5 Å². The number of imidazole rings is 1. The van der Waals surface area contributed by atoms with Crippen LogP contribution < -0.4 is 5.73 Å². The number of ether oxygens (including phenoxy) is 1. The summed E-state index contributed by atoms with van der Waals surface area (Å²) in [5.74, 6) is -0.384. The first-order valence-electron chi connectivity index (χ1n) is 6.66. The van der Waals surface area contributed by atoms with Crippen molar-refractivity contribution in [1.82, 2.24) is 9.55 Å². The van der Waals surface area contributed by atoms with E-state index < -0.39 is 6.04 Å². The molecule has 0 bridgehead atoms. The van der Waals surface area contributed by atoms with Crippen LogP contribution in [0.2, 0.25) is 0 Å². The lowest BCUT2D eigenvalue weighted by Gasteiger charge is -2.08. The number of rotatable bonds is 6. The van der Waals surface area contributed by atoms with Gasteiger partial charge in [-0.05, 0) is 12.5 Å². The van der Waals surface area contributed by atoms with Crippen molar-refractivity contribution < 1.29 is 9.53 Å². The van der Waals surface area contributed by atoms with E-state index in [4.69, 9.17) is 10.5 Å². The zero-order chi connectivity index (χ0) is 14.4. The Morgan fingerprint density at radius 1 is 1.40 bits per heavy atom. The number of hydrogen-bond donors (Lipinski definition) is 1. The van der Waals surface area contributed by atoms with Crippen LogP contribution in [0.1, 0.15) is 18.2 Å². The van der Waals surface area contributed by atoms with Crippen molar-refractivity contribution in [1.29, 1.82) is 0 Å². The van der Waals surface area contributed by atoms with Gasteiger partial charge in [0.05, 0.1) is 18.6 Å². The fraction of sp³-hybridized carbons (Fsp3) is 0.333. The zero-order valence-corrected chi connectivity index (χ0v) is 11.5. The largest absolute Gasteiger partial charge is 0.465 e. The molecule has 20 heavy (non-hydrogen) atoms. The number of hydrogen-bond acceptors (Lipinski definition) is 4. The highest BCUT2D eigenvalue weighted by Crippen LogP contribution is 2.05. The van der Waals surface area contributed by atoms with Crippen LogP contribution in [0.25, 0.3) is 0 Å². The van der Waals surface area contributed by atoms with E-state index in [0.717, 1.165) is 12.2 Å². The molecule has 1 heterocycles. The number of carbonyl (C=O) groups excluding carboxylic acids is 1. The molecule has 106 valence electrons. The van der Waals surface area contributed by atoms with Gasteiger partial charge in [-0.3, -0.25) is 4.79 Å². The highest BCUT2D eigenvalue weighted by atomic mass is 16.5. The second-order valence-corrected chi connectivity index (χ2v) is 4.59. The van der Waals surface area contributed by atoms with Crippen molar-refractivity contribution in [3.63, 3.8) is 0 Å². The van der Waals surface area contributed by atoms with Gasteiger partial charge in [0.15, 0.2) is 0 Å². The normalized spacial score (nSPS) is 12.1. The Balaban J connectivity index is 1.94. The van der Waals surface area contributed by atoms with Gasteiger partial charge in [0.25, 0.3) is 0 Å². The molecule has 0 amide bonds. The SMILES string of the molecule is CCOC(=O)C(N)Cc1cn(Cc2ccccc2)cn1. The molecule has 1 aromatic carbocycles. The summed E-state index contributed by atoms with van der Waals surface area (Å²) < 4.78 is 6.85. The number of esters is 1. The summed E-state index contributed by atoms with van der Waals surface area (Å²) >= 11 is 0. The van der Waals surface area contributed by atoms with Gasteiger partial charge >= 0.3 is 5.97 Å². The Morgan fingerprint density at radius 2 is 2.15 bits per heavy atom. The number of nitrogens with zero attached hydrogens (tertiary/aromatic N) is 2. The fourth-order valence-electron chi connectivity index (χ4n) is 1.95. The van der Waals surface area contributed by atoms with Crippen molar-refractivity contribution >= 4 is 5.97 Å². The Hall–Kier alpha value is -2.14. The van der Waals surface area contributed by atoms with Gasteiger partial charge in [-0.1, -0.05) is 30.3 Å². The van der Waals surface area contributed by atoms with Gasteiger partial charge in [0, 0.05) is 19.2 Å². The quantitative estimate of drug-likeness (QED) is 0.807. The maximum Gasteiger partial charge on any atom is 0.323 e. The van der Waals surface area contributed by atoms with E-state index in [9.17, 15) is 4.79 Å². The number of aromatic nitrogens is 2. The van der Waals surface area contributed by atoms with Gasteiger partial charge in [-0.15, -0.1) is 0 Å². The first kappa shape index (κ1) is 14.3. The van der Waals surface area contributed by atoms with Crippen LogP contribution in [-0.4, -0.2) is 28.2 Å². The third kappa shape index (κ3) is 3.93. The molecular weight excluding hydrogens is 254 g/mol. The minimum Gasteiger partial charge on any atom is -0.465 e. The molecule has 0 spiro atoms. The average molecular weight is 273 g/mol. The van der Waals surface area contributed by atoms with Crippen LogP contribution in [0.5, 0.6) is 0 Å². The van der Waals surface area contributed by atoms with Crippen molar-refractivity contribution in [3.8, 4) is 0 Å². The summed E-state index contributed by atoms with van der Waals surface area (Å²) in [6.07, 6.45) is 4.05. The molecule has 0 fully saturated rings. The number of benzene rings is 1. The molecule has 1 unspecified atom stereocenters. The van der Waals surface area contributed by atoms with E-state index in [1.807, 2.05) is 29.0 Å². The second-order valence-electron chi connectivity index (χ2n) is 4.59. The maximum absolute atomic E-state index is 11.5. The van der Waals surface area contributed by atoms with Gasteiger partial charge in [-0.25, -0.2) is 4.98 Å². The van der Waals surface area contributed by atoms with Crippen LogP contribution in [0, 0.1) is 0 Å². The average Bonchev–Trinajstić information content (AvgIpc) is 2.87. The molecule has 1 aromatic heterocycles. The molecule has 0 saturated carbocycles. The maximum atomic E-state index is 11.5. The predicted molar refractivity (Wildman–Crippen MR) is 76.1 cm³/mol. The third-order valence-corrected chi connectivity index (χ3v) is 2.91. The Labute approximate surface area is 118 Å². The van der Waals surface area contributed by atoms with Crippen LogP contribution in [0.15, 0.2) is 42.9 Å². The summed E-state index contributed by atoms with van der Waals surface area (Å²) in [6.45, 7) is 2.86. The third-order valence-electron chi connectivity index (χ3n) is 2.91. The molecule has 2 N–H and O–H groups in total. The van der Waals surface area contributed by atoms with E-state index in [1.54, 1.807) is 13.3 Å². The van der Waals surface area contributed by atoms with E-state index in [2.05, 4.69) is 17.1 Å². The van der Waals surface area contributed by atoms with Gasteiger partial charge in [-0.2, -0.15) is 0 Å². The molecule has 2 rings (SSSR count). The van der Waals surface area contributed by atoms with Gasteiger partial charge in [0.2, 0.25) is 0 Å². The van der Waals surface area contributed by atoms with Crippen LogP contribution in [0.4, 0.5) is 0 Å². The summed E-state index contributed by atoms with van der Waals surface area (Å²) in [4.78, 5) is 15.7. The number of nitrogens with two attached hydrogens (primary N) is 1. The standard InChI is InChI=1S/C15H19N3O2/c1-2-20-15(19)14(16)8-13-10-18(11-17-13)9-12-6-4-3-5-7-12/h3-7,10-11,14H,2,8-9,16H2,1H3. The molecule has 0 aliphatic carbocycles. The topological polar surface area (TPSA) is 70.1 Å². The van der Waals surface area contributed by atoms with Gasteiger partial charge in [0.1, 0.15) is 6.04 Å². The lowest BCUT2D eigenvalue weighted by Crippen LogP contribution is -2.34. The van der Waals surface area contributed by atoms with E-state index in [1.165, 1.54) is 5.56 Å². The van der Waals surface area contributed by atoms with Crippen LogP contribution in [0.3, 0.4) is 0 Å². The summed E-state index contributed by atoms with van der Waals surface area (Å²) in [5, 5.41) is 0. The molecule has 0 saturated heterocycles. The molecule has 1 atom stereocenters. The highest BCUT2D eigenvalue weighted by molar-refractivity contribution is 5.75. The monoisotopic (exact) mass is 273 g/mol. The Bertz CT molecular complexity index is 551. The molecule has 5 nitrogen and oxygen atoms in total. The minimum atomic E-state index is -0.657. The fourth-order valence-corrected chi connectivity index (χ4v) is 1.95.